The van der Waals surface area contributed by atoms with Crippen molar-refractivity contribution in [3.63, 3.8) is 0 Å². The summed E-state index contributed by atoms with van der Waals surface area (Å²) in [5.74, 6) is -0.337. The number of phosphoric ester groups is 1. The molecule has 0 aromatic heterocycles. The zero-order valence-electron chi connectivity index (χ0n) is 23.1. The molecule has 35 heavy (non-hydrogen) atoms. The second kappa shape index (κ2) is 18.3. The summed E-state index contributed by atoms with van der Waals surface area (Å²) in [6.07, 6.45) is 11.0. The Kier molecular flexibility index (Phi) is 17.8. The summed E-state index contributed by atoms with van der Waals surface area (Å²) in [7, 11) is -3.98. The summed E-state index contributed by atoms with van der Waals surface area (Å²) < 4.78 is 32.4. The number of unbranched alkanes of at least 4 members (excludes halogenated alkanes) is 10. The van der Waals surface area contributed by atoms with Gasteiger partial charge >= 0.3 is 19.8 Å². The van der Waals surface area contributed by atoms with E-state index in [0.717, 1.165) is 64.2 Å². The van der Waals surface area contributed by atoms with E-state index in [1.54, 1.807) is 0 Å². The van der Waals surface area contributed by atoms with Crippen LogP contribution in [0.25, 0.3) is 0 Å². The van der Waals surface area contributed by atoms with Crippen molar-refractivity contribution in [3.05, 3.63) is 0 Å². The van der Waals surface area contributed by atoms with E-state index >= 15 is 0 Å². The monoisotopic (exact) mass is 522 g/mol. The Balaban J connectivity index is 3.50. The van der Waals surface area contributed by atoms with Crippen LogP contribution in [0.4, 0.5) is 0 Å². The second-order valence-corrected chi connectivity index (χ2v) is 12.6. The molecule has 0 saturated carbocycles. The van der Waals surface area contributed by atoms with Gasteiger partial charge in [0.1, 0.15) is 0 Å². The van der Waals surface area contributed by atoms with Gasteiger partial charge < -0.3 is 14.4 Å². The fourth-order valence-corrected chi connectivity index (χ4v) is 3.78. The Morgan fingerprint density at radius 1 is 0.543 bits per heavy atom. The number of hydrogen-bond donors (Lipinski definition) is 1. The Morgan fingerprint density at radius 2 is 0.800 bits per heavy atom. The lowest BCUT2D eigenvalue weighted by atomic mass is 9.97. The van der Waals surface area contributed by atoms with Crippen LogP contribution in [0, 0.1) is 10.8 Å². The average molecular weight is 523 g/mol. The van der Waals surface area contributed by atoms with Crippen molar-refractivity contribution in [2.75, 3.05) is 26.4 Å². The molecule has 9 heteroatoms. The lowest BCUT2D eigenvalue weighted by molar-refractivity contribution is -0.153. The van der Waals surface area contributed by atoms with Crippen molar-refractivity contribution in [1.82, 2.24) is 0 Å². The Labute approximate surface area is 213 Å². The summed E-state index contributed by atoms with van der Waals surface area (Å²) in [6.45, 7) is 12.4. The van der Waals surface area contributed by atoms with Crippen LogP contribution in [-0.4, -0.2) is 43.3 Å². The minimum atomic E-state index is -3.98. The molecule has 8 nitrogen and oxygen atoms in total. The molecule has 0 heterocycles. The first-order valence-electron chi connectivity index (χ1n) is 13.2. The summed E-state index contributed by atoms with van der Waals surface area (Å²) in [5.41, 5.74) is -0.913. The maximum Gasteiger partial charge on any atom is 0.472 e. The van der Waals surface area contributed by atoms with Crippen molar-refractivity contribution in [1.29, 1.82) is 0 Å². The van der Waals surface area contributed by atoms with Crippen LogP contribution in [0.3, 0.4) is 0 Å². The number of rotatable bonds is 20. The van der Waals surface area contributed by atoms with E-state index in [0.29, 0.717) is 26.1 Å². The van der Waals surface area contributed by atoms with E-state index in [-0.39, 0.29) is 25.2 Å². The van der Waals surface area contributed by atoms with E-state index in [4.69, 9.17) is 18.5 Å². The Bertz CT molecular complexity index is 572. The molecule has 0 aliphatic carbocycles. The zero-order chi connectivity index (χ0) is 26.8. The first kappa shape index (κ1) is 34.0. The van der Waals surface area contributed by atoms with Gasteiger partial charge in [-0.1, -0.05) is 51.4 Å². The van der Waals surface area contributed by atoms with E-state index in [2.05, 4.69) is 0 Å². The maximum absolute atomic E-state index is 11.9. The molecule has 0 amide bonds. The van der Waals surface area contributed by atoms with Gasteiger partial charge in [-0.25, -0.2) is 4.57 Å². The van der Waals surface area contributed by atoms with Gasteiger partial charge in [-0.15, -0.1) is 0 Å². The van der Waals surface area contributed by atoms with Gasteiger partial charge in [0.05, 0.1) is 37.3 Å². The molecule has 0 radical (unpaired) electrons. The van der Waals surface area contributed by atoms with Crippen molar-refractivity contribution in [2.45, 2.75) is 119 Å². The lowest BCUT2D eigenvalue weighted by Gasteiger charge is -2.16. The molecule has 0 aliphatic heterocycles. The number of carbonyl (C=O) groups is 2. The Hall–Kier alpha value is -0.950. The van der Waals surface area contributed by atoms with Crippen LogP contribution in [0.5, 0.6) is 0 Å². The topological polar surface area (TPSA) is 108 Å². The highest BCUT2D eigenvalue weighted by atomic mass is 31.2. The fraction of sp³-hybridized carbons (Fsp3) is 0.923. The van der Waals surface area contributed by atoms with Crippen LogP contribution < -0.4 is 0 Å². The van der Waals surface area contributed by atoms with Crippen LogP contribution in [0.15, 0.2) is 0 Å². The molecule has 0 saturated heterocycles. The number of ether oxygens (including phenoxy) is 2. The highest BCUT2D eigenvalue weighted by Gasteiger charge is 2.23. The highest BCUT2D eigenvalue weighted by molar-refractivity contribution is 7.47. The van der Waals surface area contributed by atoms with Gasteiger partial charge in [0.25, 0.3) is 0 Å². The summed E-state index contributed by atoms with van der Waals surface area (Å²) >= 11 is 0. The molecule has 0 rings (SSSR count). The first-order chi connectivity index (χ1) is 16.3. The van der Waals surface area contributed by atoms with Gasteiger partial charge in [0.15, 0.2) is 0 Å². The molecule has 0 unspecified atom stereocenters. The third-order valence-corrected chi connectivity index (χ3v) is 6.29. The van der Waals surface area contributed by atoms with Crippen LogP contribution in [0.2, 0.25) is 0 Å². The lowest BCUT2D eigenvalue weighted by Crippen LogP contribution is -2.23. The zero-order valence-corrected chi connectivity index (χ0v) is 24.0. The highest BCUT2D eigenvalue weighted by Crippen LogP contribution is 2.43. The molecule has 208 valence electrons. The average Bonchev–Trinajstić information content (AvgIpc) is 2.74. The number of esters is 2. The van der Waals surface area contributed by atoms with Gasteiger partial charge in [-0.05, 0) is 67.2 Å². The van der Waals surface area contributed by atoms with Gasteiger partial charge in [-0.2, -0.15) is 0 Å². The molecule has 0 bridgehead atoms. The maximum atomic E-state index is 11.9. The van der Waals surface area contributed by atoms with E-state index in [9.17, 15) is 19.0 Å². The minimum Gasteiger partial charge on any atom is -0.465 e. The normalized spacial score (nSPS) is 12.5. The Morgan fingerprint density at radius 3 is 1.09 bits per heavy atom. The van der Waals surface area contributed by atoms with E-state index in [1.807, 2.05) is 41.5 Å². The molecule has 0 fully saturated rings. The molecule has 0 spiro atoms. The number of carbonyl (C=O) groups excluding carboxylic acids is 2. The predicted molar refractivity (Wildman–Crippen MR) is 138 cm³/mol. The first-order valence-corrected chi connectivity index (χ1v) is 14.7. The van der Waals surface area contributed by atoms with E-state index in [1.165, 1.54) is 0 Å². The van der Waals surface area contributed by atoms with Crippen LogP contribution in [0.1, 0.15) is 119 Å². The van der Waals surface area contributed by atoms with Crippen molar-refractivity contribution in [2.24, 2.45) is 10.8 Å². The van der Waals surface area contributed by atoms with Crippen molar-refractivity contribution in [3.8, 4) is 0 Å². The summed E-state index contributed by atoms with van der Waals surface area (Å²) in [6, 6.07) is 0. The number of phosphoric acid groups is 1. The van der Waals surface area contributed by atoms with Crippen molar-refractivity contribution >= 4 is 19.8 Å². The van der Waals surface area contributed by atoms with Crippen LogP contribution in [-0.2, 0) is 32.7 Å². The SMILES string of the molecule is CC(C)(C)C(=O)OCCCCCCCCOP(=O)(O)OCCCCCCCCOC(=O)C(C)(C)C. The van der Waals surface area contributed by atoms with Gasteiger partial charge in [0.2, 0.25) is 0 Å². The summed E-state index contributed by atoms with van der Waals surface area (Å²) in [4.78, 5) is 33.0. The molecule has 1 N–H and O–H groups in total. The number of hydrogen-bond acceptors (Lipinski definition) is 7. The quantitative estimate of drug-likeness (QED) is 0.104. The second-order valence-electron chi connectivity index (χ2n) is 11.1. The predicted octanol–water partition coefficient (Wildman–Crippen LogP) is 6.98. The third kappa shape index (κ3) is 20.9. The summed E-state index contributed by atoms with van der Waals surface area (Å²) in [5, 5.41) is 0. The smallest absolute Gasteiger partial charge is 0.465 e. The molecule has 0 aromatic carbocycles. The van der Waals surface area contributed by atoms with Crippen molar-refractivity contribution < 1.29 is 37.6 Å². The molecule has 0 aromatic rings. The third-order valence-electron chi connectivity index (χ3n) is 5.28. The molecule has 0 atom stereocenters. The van der Waals surface area contributed by atoms with Crippen LogP contribution >= 0.6 is 7.82 Å². The molecular weight excluding hydrogens is 471 g/mol. The fourth-order valence-electron chi connectivity index (χ4n) is 2.98. The minimum absolute atomic E-state index is 0.169. The van der Waals surface area contributed by atoms with Gasteiger partial charge in [0, 0.05) is 0 Å². The standard InChI is InChI=1S/C26H51O8P/c1-25(2,3)23(27)31-19-15-11-7-9-13-17-21-33-35(29,30)34-22-18-14-10-8-12-16-20-32-24(28)26(4,5)6/h7-22H2,1-6H3,(H,29,30). The molecular formula is C26H51O8P. The van der Waals surface area contributed by atoms with Gasteiger partial charge in [-0.3, -0.25) is 18.6 Å². The largest absolute Gasteiger partial charge is 0.472 e. The molecule has 0 aliphatic rings. The van der Waals surface area contributed by atoms with E-state index < -0.39 is 18.7 Å².